The Morgan fingerprint density at radius 1 is 1.29 bits per heavy atom. The van der Waals surface area contributed by atoms with Gasteiger partial charge in [0.2, 0.25) is 18.0 Å². The zero-order valence-corrected chi connectivity index (χ0v) is 15.0. The summed E-state index contributed by atoms with van der Waals surface area (Å²) < 4.78 is 17.5. The van der Waals surface area contributed by atoms with E-state index in [0.29, 0.717) is 23.0 Å². The molecular formula is C19H17FN6O2. The first-order valence-corrected chi connectivity index (χ1v) is 8.72. The topological polar surface area (TPSA) is 98.2 Å². The monoisotopic (exact) mass is 380 g/mol. The number of aryl methyl sites for hydroxylation is 1. The van der Waals surface area contributed by atoms with Crippen molar-refractivity contribution in [2.24, 2.45) is 0 Å². The molecule has 0 atom stereocenters. The Kier molecular flexibility index (Phi) is 4.79. The predicted molar refractivity (Wildman–Crippen MR) is 99.5 cm³/mol. The fourth-order valence-corrected chi connectivity index (χ4v) is 2.44. The van der Waals surface area contributed by atoms with E-state index in [4.69, 9.17) is 4.52 Å². The zero-order chi connectivity index (χ0) is 19.5. The third kappa shape index (κ3) is 3.88. The molecule has 5 rings (SSSR count). The Hall–Kier alpha value is -3.62. The van der Waals surface area contributed by atoms with Crippen molar-refractivity contribution in [2.75, 3.05) is 5.32 Å². The van der Waals surface area contributed by atoms with Gasteiger partial charge in [0, 0.05) is 23.6 Å². The molecule has 0 spiro atoms. The first kappa shape index (κ1) is 17.8. The second-order valence-corrected chi connectivity index (χ2v) is 6.35. The summed E-state index contributed by atoms with van der Waals surface area (Å²) in [7, 11) is 0. The molecule has 0 bridgehead atoms. The molecule has 0 unspecified atom stereocenters. The average Bonchev–Trinajstić information content (AvgIpc) is 3.16. The highest BCUT2D eigenvalue weighted by atomic mass is 19.1. The molecule has 4 aromatic rings. The number of anilines is 1. The lowest BCUT2D eigenvalue weighted by Crippen LogP contribution is -2.15. The summed E-state index contributed by atoms with van der Waals surface area (Å²) in [5.74, 6) is 0.660. The molecule has 3 aromatic heterocycles. The van der Waals surface area contributed by atoms with Crippen LogP contribution in [0.4, 0.5) is 10.1 Å². The fraction of sp³-hybridized carbons (Fsp3) is 0.211. The van der Waals surface area contributed by atoms with Gasteiger partial charge in [-0.1, -0.05) is 17.3 Å². The van der Waals surface area contributed by atoms with E-state index in [2.05, 4.69) is 25.4 Å². The van der Waals surface area contributed by atoms with E-state index in [-0.39, 0.29) is 5.91 Å². The van der Waals surface area contributed by atoms with Gasteiger partial charge in [-0.2, -0.15) is 4.98 Å². The van der Waals surface area contributed by atoms with E-state index in [0.717, 1.165) is 24.0 Å². The Morgan fingerprint density at radius 2 is 2.11 bits per heavy atom. The number of halogens is 1. The van der Waals surface area contributed by atoms with Crippen LogP contribution in [0.2, 0.25) is 0 Å². The molecule has 28 heavy (non-hydrogen) atoms. The van der Waals surface area contributed by atoms with Crippen LogP contribution in [0.25, 0.3) is 17.2 Å². The molecule has 1 aliphatic rings. The number of carbonyl (C=O) groups excluding carboxylic acids is 1. The molecule has 0 aliphatic heterocycles. The van der Waals surface area contributed by atoms with Crippen molar-refractivity contribution in [1.82, 2.24) is 24.5 Å². The maximum atomic E-state index is 12.6. The van der Waals surface area contributed by atoms with Gasteiger partial charge in [0.15, 0.2) is 0 Å². The predicted octanol–water partition coefficient (Wildman–Crippen LogP) is 3.46. The average molecular weight is 380 g/mol. The summed E-state index contributed by atoms with van der Waals surface area (Å²) in [6, 6.07) is 7.30. The molecule has 142 valence electrons. The highest BCUT2D eigenvalue weighted by molar-refractivity contribution is 6.04. The first-order valence-electron chi connectivity index (χ1n) is 8.72. The van der Waals surface area contributed by atoms with Gasteiger partial charge in [-0.05, 0) is 37.5 Å². The van der Waals surface area contributed by atoms with Gasteiger partial charge in [-0.25, -0.2) is 14.4 Å². The number of hydrogen-bond donors (Lipinski definition) is 1. The minimum Gasteiger partial charge on any atom is -0.342 e. The summed E-state index contributed by atoms with van der Waals surface area (Å²) in [5.41, 5.74) is 2.75. The van der Waals surface area contributed by atoms with Crippen molar-refractivity contribution in [3.8, 4) is 11.4 Å². The van der Waals surface area contributed by atoms with Crippen LogP contribution in [0.15, 0.2) is 53.8 Å². The zero-order valence-electron chi connectivity index (χ0n) is 15.0. The third-order valence-electron chi connectivity index (χ3n) is 4.13. The van der Waals surface area contributed by atoms with E-state index in [1.54, 1.807) is 28.9 Å². The van der Waals surface area contributed by atoms with E-state index in [1.165, 1.54) is 12.6 Å². The standard InChI is InChI=1S/C16H12N6O2.C3H5F/c1-10-3-4-11(14-19-9-24-21-14)7-12(10)20-15(23)13-8-18-16-17-5-2-6-22(13)16;4-3-1-2-3/h2-9H,1H3,(H,20,23);3H,1-2H2. The molecule has 1 aromatic carbocycles. The number of aromatic nitrogens is 5. The molecule has 1 fully saturated rings. The van der Waals surface area contributed by atoms with Crippen LogP contribution in [0.3, 0.4) is 0 Å². The lowest BCUT2D eigenvalue weighted by Gasteiger charge is -2.09. The summed E-state index contributed by atoms with van der Waals surface area (Å²) in [5, 5.41) is 6.70. The van der Waals surface area contributed by atoms with Gasteiger partial charge in [0.1, 0.15) is 11.9 Å². The highest BCUT2D eigenvalue weighted by Crippen LogP contribution is 2.23. The fourth-order valence-electron chi connectivity index (χ4n) is 2.44. The molecule has 1 amide bonds. The van der Waals surface area contributed by atoms with Gasteiger partial charge in [0.05, 0.1) is 6.20 Å². The number of fused-ring (bicyclic) bond motifs is 1. The summed E-state index contributed by atoms with van der Waals surface area (Å²) in [6.45, 7) is 1.91. The molecule has 3 heterocycles. The molecule has 0 radical (unpaired) electrons. The molecule has 0 saturated heterocycles. The second kappa shape index (κ2) is 7.55. The number of imidazole rings is 1. The largest absolute Gasteiger partial charge is 0.342 e. The molecular weight excluding hydrogens is 363 g/mol. The number of benzene rings is 1. The summed E-state index contributed by atoms with van der Waals surface area (Å²) >= 11 is 0. The molecule has 1 saturated carbocycles. The van der Waals surface area contributed by atoms with Gasteiger partial charge < -0.3 is 9.84 Å². The number of alkyl halides is 1. The molecule has 1 N–H and O–H groups in total. The van der Waals surface area contributed by atoms with Crippen molar-refractivity contribution in [1.29, 1.82) is 0 Å². The van der Waals surface area contributed by atoms with Crippen LogP contribution in [0, 0.1) is 6.92 Å². The van der Waals surface area contributed by atoms with E-state index in [1.807, 2.05) is 19.1 Å². The van der Waals surface area contributed by atoms with E-state index in [9.17, 15) is 9.18 Å². The SMILES string of the molecule is Cc1ccc(-c2ncon2)cc1NC(=O)c1cnc2ncccn12.FC1CC1. The summed E-state index contributed by atoms with van der Waals surface area (Å²) in [6.07, 6.45) is 7.35. The molecule has 9 heteroatoms. The smallest absolute Gasteiger partial charge is 0.274 e. The van der Waals surface area contributed by atoms with Crippen molar-refractivity contribution in [2.45, 2.75) is 25.9 Å². The lowest BCUT2D eigenvalue weighted by atomic mass is 10.1. The second-order valence-electron chi connectivity index (χ2n) is 6.35. The van der Waals surface area contributed by atoms with Gasteiger partial charge >= 0.3 is 0 Å². The van der Waals surface area contributed by atoms with Crippen LogP contribution in [-0.2, 0) is 0 Å². The Morgan fingerprint density at radius 3 is 2.82 bits per heavy atom. The Bertz CT molecular complexity index is 1100. The quantitative estimate of drug-likeness (QED) is 0.584. The molecule has 8 nitrogen and oxygen atoms in total. The van der Waals surface area contributed by atoms with Crippen LogP contribution in [-0.4, -0.2) is 36.6 Å². The number of hydrogen-bond acceptors (Lipinski definition) is 6. The third-order valence-corrected chi connectivity index (χ3v) is 4.13. The first-order chi connectivity index (χ1) is 13.6. The van der Waals surface area contributed by atoms with Gasteiger partial charge in [-0.3, -0.25) is 9.20 Å². The van der Waals surface area contributed by atoms with Crippen molar-refractivity contribution >= 4 is 17.4 Å². The van der Waals surface area contributed by atoms with Crippen LogP contribution in [0.1, 0.15) is 28.9 Å². The highest BCUT2D eigenvalue weighted by Gasteiger charge is 2.18. The Labute approximate surface area is 159 Å². The van der Waals surface area contributed by atoms with Crippen LogP contribution < -0.4 is 5.32 Å². The number of amides is 1. The number of nitrogens with one attached hydrogen (secondary N) is 1. The number of nitrogens with zero attached hydrogens (tertiary/aromatic N) is 5. The summed E-state index contributed by atoms with van der Waals surface area (Å²) in [4.78, 5) is 24.8. The number of rotatable bonds is 3. The van der Waals surface area contributed by atoms with Crippen LogP contribution in [0.5, 0.6) is 0 Å². The van der Waals surface area contributed by atoms with E-state index < -0.39 is 6.17 Å². The van der Waals surface area contributed by atoms with Crippen molar-refractivity contribution in [3.05, 3.63) is 60.5 Å². The van der Waals surface area contributed by atoms with Crippen molar-refractivity contribution in [3.63, 3.8) is 0 Å². The minimum absolute atomic E-state index is 0.274. The normalized spacial score (nSPS) is 13.1. The maximum absolute atomic E-state index is 12.6. The van der Waals surface area contributed by atoms with Gasteiger partial charge in [0.25, 0.3) is 5.91 Å². The van der Waals surface area contributed by atoms with Gasteiger partial charge in [-0.15, -0.1) is 0 Å². The minimum atomic E-state index is -0.417. The maximum Gasteiger partial charge on any atom is 0.274 e. The van der Waals surface area contributed by atoms with E-state index >= 15 is 0 Å². The lowest BCUT2D eigenvalue weighted by molar-refractivity contribution is 0.102. The van der Waals surface area contributed by atoms with Crippen LogP contribution >= 0.6 is 0 Å². The number of carbonyl (C=O) groups is 1. The Balaban J connectivity index is 0.000000429. The van der Waals surface area contributed by atoms with Crippen molar-refractivity contribution < 1.29 is 13.7 Å². The molecule has 1 aliphatic carbocycles.